The summed E-state index contributed by atoms with van der Waals surface area (Å²) < 4.78 is 5.43. The van der Waals surface area contributed by atoms with Crippen LogP contribution in [-0.2, 0) is 11.2 Å². The first-order chi connectivity index (χ1) is 12.1. The molecule has 0 radical (unpaired) electrons. The zero-order chi connectivity index (χ0) is 17.6. The second-order valence-electron chi connectivity index (χ2n) is 6.98. The van der Waals surface area contributed by atoms with Crippen LogP contribution in [-0.4, -0.2) is 42.1 Å². The maximum absolute atomic E-state index is 12.5. The molecule has 0 aliphatic carbocycles. The number of aromatic nitrogens is 1. The highest BCUT2D eigenvalue weighted by Gasteiger charge is 2.26. The van der Waals surface area contributed by atoms with Crippen molar-refractivity contribution >= 4 is 18.3 Å². The van der Waals surface area contributed by atoms with E-state index in [9.17, 15) is 4.79 Å². The van der Waals surface area contributed by atoms with Gasteiger partial charge >= 0.3 is 0 Å². The average Bonchev–Trinajstić information content (AvgIpc) is 3.10. The first kappa shape index (κ1) is 20.5. The zero-order valence-corrected chi connectivity index (χ0v) is 16.3. The van der Waals surface area contributed by atoms with E-state index >= 15 is 0 Å². The van der Waals surface area contributed by atoms with Crippen molar-refractivity contribution in [3.63, 3.8) is 0 Å². The number of aryl methyl sites for hydroxylation is 1. The Labute approximate surface area is 161 Å². The van der Waals surface area contributed by atoms with Crippen LogP contribution in [0.2, 0.25) is 0 Å². The molecule has 0 bridgehead atoms. The molecule has 1 fully saturated rings. The van der Waals surface area contributed by atoms with E-state index in [1.165, 1.54) is 0 Å². The van der Waals surface area contributed by atoms with E-state index in [-0.39, 0.29) is 24.2 Å². The van der Waals surface area contributed by atoms with E-state index < -0.39 is 0 Å². The van der Waals surface area contributed by atoms with Gasteiger partial charge in [0.15, 0.2) is 0 Å². The first-order valence-electron chi connectivity index (χ1n) is 9.13. The molecule has 1 amide bonds. The minimum atomic E-state index is 0. The zero-order valence-electron chi connectivity index (χ0n) is 15.5. The van der Waals surface area contributed by atoms with Gasteiger partial charge in [0.1, 0.15) is 11.5 Å². The molecule has 1 aliphatic rings. The third-order valence-corrected chi connectivity index (χ3v) is 4.89. The number of benzene rings is 1. The predicted molar refractivity (Wildman–Crippen MR) is 105 cm³/mol. The van der Waals surface area contributed by atoms with Crippen LogP contribution in [0.5, 0.6) is 0 Å². The van der Waals surface area contributed by atoms with Crippen molar-refractivity contribution in [2.45, 2.75) is 38.6 Å². The highest BCUT2D eigenvalue weighted by atomic mass is 35.5. The van der Waals surface area contributed by atoms with Crippen molar-refractivity contribution in [3.8, 4) is 11.3 Å². The smallest absolute Gasteiger partial charge is 0.225 e. The topological polar surface area (TPSA) is 58.4 Å². The molecule has 1 N–H and O–H groups in total. The van der Waals surface area contributed by atoms with Gasteiger partial charge in [0, 0.05) is 43.6 Å². The highest BCUT2D eigenvalue weighted by Crippen LogP contribution is 2.20. The van der Waals surface area contributed by atoms with E-state index in [1.807, 2.05) is 48.3 Å². The summed E-state index contributed by atoms with van der Waals surface area (Å²) >= 11 is 0. The second-order valence-corrected chi connectivity index (χ2v) is 6.98. The number of piperidine rings is 1. The number of nitrogens with zero attached hydrogens (tertiary/aromatic N) is 2. The van der Waals surface area contributed by atoms with Gasteiger partial charge in [0.05, 0.1) is 0 Å². The lowest BCUT2D eigenvalue weighted by atomic mass is 9.92. The molecule has 2 atom stereocenters. The number of nitrogens with one attached hydrogen (secondary N) is 1. The van der Waals surface area contributed by atoms with Crippen LogP contribution in [0.15, 0.2) is 40.9 Å². The molecule has 1 saturated heterocycles. The molecule has 3 rings (SSSR count). The molecule has 1 aliphatic heterocycles. The van der Waals surface area contributed by atoms with E-state index in [0.717, 1.165) is 55.8 Å². The minimum absolute atomic E-state index is 0. The molecule has 2 aromatic rings. The van der Waals surface area contributed by atoms with Gasteiger partial charge < -0.3 is 14.7 Å². The largest absolute Gasteiger partial charge is 0.361 e. The summed E-state index contributed by atoms with van der Waals surface area (Å²) in [6.07, 6.45) is 3.55. The monoisotopic (exact) mass is 377 g/mol. The van der Waals surface area contributed by atoms with Crippen molar-refractivity contribution < 1.29 is 9.32 Å². The molecule has 142 valence electrons. The lowest BCUT2D eigenvalue weighted by Crippen LogP contribution is -2.43. The third-order valence-electron chi connectivity index (χ3n) is 4.89. The van der Waals surface area contributed by atoms with Crippen LogP contribution in [0.25, 0.3) is 11.3 Å². The van der Waals surface area contributed by atoms with E-state index in [4.69, 9.17) is 4.52 Å². The molecule has 5 nitrogen and oxygen atoms in total. The minimum Gasteiger partial charge on any atom is -0.361 e. The van der Waals surface area contributed by atoms with Gasteiger partial charge in [-0.05, 0) is 32.7 Å². The Balaban J connectivity index is 0.00000243. The number of hydrogen-bond donors (Lipinski definition) is 1. The molecule has 1 aromatic carbocycles. The van der Waals surface area contributed by atoms with Crippen LogP contribution < -0.4 is 5.32 Å². The number of amides is 1. The molecule has 0 saturated carbocycles. The van der Waals surface area contributed by atoms with Gasteiger partial charge in [-0.15, -0.1) is 12.4 Å². The quantitative estimate of drug-likeness (QED) is 0.836. The number of carbonyl (C=O) groups is 1. The standard InChI is InChI=1S/C20H27N3O2.ClH/c1-15-13-17(10-11-21-15)20(24)23(2)12-6-9-18-14-19(22-25-18)16-7-4-3-5-8-16;/h3-5,7-8,14-15,17,21H,6,9-13H2,1-2H3;1H/t15-,17-;/m0./s1. The molecule has 0 unspecified atom stereocenters. The van der Waals surface area contributed by atoms with Crippen molar-refractivity contribution in [1.29, 1.82) is 0 Å². The molecule has 26 heavy (non-hydrogen) atoms. The summed E-state index contributed by atoms with van der Waals surface area (Å²) in [5.41, 5.74) is 1.92. The van der Waals surface area contributed by atoms with Crippen LogP contribution in [0.4, 0.5) is 0 Å². The summed E-state index contributed by atoms with van der Waals surface area (Å²) in [4.78, 5) is 14.4. The lowest BCUT2D eigenvalue weighted by molar-refractivity contribution is -0.135. The van der Waals surface area contributed by atoms with Crippen molar-refractivity contribution in [2.75, 3.05) is 20.1 Å². The first-order valence-corrected chi connectivity index (χ1v) is 9.13. The van der Waals surface area contributed by atoms with Gasteiger partial charge in [0.2, 0.25) is 5.91 Å². The number of rotatable bonds is 6. The Morgan fingerprint density at radius 3 is 2.85 bits per heavy atom. The maximum atomic E-state index is 12.5. The lowest BCUT2D eigenvalue weighted by Gasteiger charge is -2.30. The Morgan fingerprint density at radius 2 is 2.12 bits per heavy atom. The average molecular weight is 378 g/mol. The summed E-state index contributed by atoms with van der Waals surface area (Å²) in [6, 6.07) is 12.4. The maximum Gasteiger partial charge on any atom is 0.225 e. The predicted octanol–water partition coefficient (Wildman–Crippen LogP) is 3.54. The molecule has 2 heterocycles. The molecular formula is C20H28ClN3O2. The van der Waals surface area contributed by atoms with Crippen LogP contribution >= 0.6 is 12.4 Å². The molecule has 6 heteroatoms. The third kappa shape index (κ3) is 5.32. The Hall–Kier alpha value is -1.85. The van der Waals surface area contributed by atoms with Gasteiger partial charge in [-0.25, -0.2) is 0 Å². The van der Waals surface area contributed by atoms with Gasteiger partial charge in [-0.2, -0.15) is 0 Å². The molecular weight excluding hydrogens is 350 g/mol. The van der Waals surface area contributed by atoms with Crippen LogP contribution in [0.1, 0.15) is 31.9 Å². The van der Waals surface area contributed by atoms with Gasteiger partial charge in [-0.3, -0.25) is 4.79 Å². The summed E-state index contributed by atoms with van der Waals surface area (Å²) in [5.74, 6) is 1.31. The Kier molecular flexibility index (Phi) is 7.66. The van der Waals surface area contributed by atoms with E-state index in [2.05, 4.69) is 17.4 Å². The highest BCUT2D eigenvalue weighted by molar-refractivity contribution is 5.85. The fraction of sp³-hybridized carbons (Fsp3) is 0.500. The fourth-order valence-electron chi connectivity index (χ4n) is 3.44. The van der Waals surface area contributed by atoms with E-state index in [1.54, 1.807) is 0 Å². The Bertz CT molecular complexity index is 689. The van der Waals surface area contributed by atoms with E-state index in [0.29, 0.717) is 6.04 Å². The normalized spacial score (nSPS) is 19.6. The Morgan fingerprint density at radius 1 is 1.35 bits per heavy atom. The SMILES string of the molecule is C[C@H]1C[C@@H](C(=O)N(C)CCCc2cc(-c3ccccc3)no2)CCN1.Cl. The molecule has 1 aromatic heterocycles. The van der Waals surface area contributed by atoms with Gasteiger partial charge in [-0.1, -0.05) is 35.5 Å². The van der Waals surface area contributed by atoms with Gasteiger partial charge in [0.25, 0.3) is 0 Å². The fourth-order valence-corrected chi connectivity index (χ4v) is 3.44. The number of halogens is 1. The number of hydrogen-bond acceptors (Lipinski definition) is 4. The second kappa shape index (κ2) is 9.74. The summed E-state index contributed by atoms with van der Waals surface area (Å²) in [7, 11) is 1.91. The number of carbonyl (C=O) groups excluding carboxylic acids is 1. The van der Waals surface area contributed by atoms with Crippen molar-refractivity contribution in [2.24, 2.45) is 5.92 Å². The van der Waals surface area contributed by atoms with Crippen LogP contribution in [0, 0.1) is 5.92 Å². The summed E-state index contributed by atoms with van der Waals surface area (Å²) in [6.45, 7) is 3.83. The van der Waals surface area contributed by atoms with Crippen LogP contribution in [0.3, 0.4) is 0 Å². The van der Waals surface area contributed by atoms with Crippen molar-refractivity contribution in [3.05, 3.63) is 42.2 Å². The van der Waals surface area contributed by atoms with Crippen molar-refractivity contribution in [1.82, 2.24) is 15.4 Å². The summed E-state index contributed by atoms with van der Waals surface area (Å²) in [5, 5.41) is 7.53. The molecule has 0 spiro atoms.